The van der Waals surface area contributed by atoms with Crippen molar-refractivity contribution in [3.63, 3.8) is 0 Å². The Hall–Kier alpha value is -2.69. The summed E-state index contributed by atoms with van der Waals surface area (Å²) < 4.78 is 10.5. The van der Waals surface area contributed by atoms with E-state index in [4.69, 9.17) is 9.47 Å². The van der Waals surface area contributed by atoms with Crippen molar-refractivity contribution >= 4 is 11.7 Å². The Kier molecular flexibility index (Phi) is 5.12. The summed E-state index contributed by atoms with van der Waals surface area (Å²) in [5.74, 6) is 1.29. The number of methoxy groups -OCH3 is 2. The third-order valence-corrected chi connectivity index (χ3v) is 4.54. The van der Waals surface area contributed by atoms with Crippen molar-refractivity contribution in [2.45, 2.75) is 25.8 Å². The molecule has 0 aromatic heterocycles. The normalized spacial score (nSPS) is 16.6. The number of carbonyl (C=O) groups is 1. The first kappa shape index (κ1) is 17.1. The number of carbonyl (C=O) groups excluding carboxylic acids is 1. The Bertz CT molecular complexity index is 738. The second-order valence-corrected chi connectivity index (χ2v) is 6.30. The zero-order chi connectivity index (χ0) is 17.8. The molecule has 1 saturated heterocycles. The van der Waals surface area contributed by atoms with Crippen LogP contribution >= 0.6 is 0 Å². The number of hydrogen-bond acceptors (Lipinski definition) is 3. The van der Waals surface area contributed by atoms with Gasteiger partial charge < -0.3 is 19.7 Å². The van der Waals surface area contributed by atoms with Crippen LogP contribution in [0.4, 0.5) is 10.5 Å². The number of amides is 2. The highest BCUT2D eigenvalue weighted by atomic mass is 16.5. The average Bonchev–Trinajstić information content (AvgIpc) is 3.11. The fraction of sp³-hybridized carbons (Fsp3) is 0.350. The standard InChI is InChI=1S/C20H24N2O3/c1-14-6-4-7-15(10-14)19-8-5-9-22(19)20(23)21-16-11-17(24-2)13-18(12-16)25-3/h4,6-7,10-13,19H,5,8-9H2,1-3H3,(H,21,23). The molecule has 1 fully saturated rings. The van der Waals surface area contributed by atoms with E-state index in [0.717, 1.165) is 19.4 Å². The minimum absolute atomic E-state index is 0.0979. The highest BCUT2D eigenvalue weighted by molar-refractivity contribution is 5.90. The van der Waals surface area contributed by atoms with Gasteiger partial charge in [0.05, 0.1) is 20.3 Å². The molecule has 132 valence electrons. The van der Waals surface area contributed by atoms with Gasteiger partial charge >= 0.3 is 6.03 Å². The van der Waals surface area contributed by atoms with Crippen LogP contribution in [0.2, 0.25) is 0 Å². The number of likely N-dealkylation sites (tertiary alicyclic amines) is 1. The number of ether oxygens (including phenoxy) is 2. The minimum atomic E-state index is -0.0979. The van der Waals surface area contributed by atoms with Gasteiger partial charge in [0.1, 0.15) is 11.5 Å². The molecule has 3 rings (SSSR count). The van der Waals surface area contributed by atoms with Crippen LogP contribution in [0.3, 0.4) is 0 Å². The van der Waals surface area contributed by atoms with Gasteiger partial charge in [-0.15, -0.1) is 0 Å². The van der Waals surface area contributed by atoms with Gasteiger partial charge in [-0.25, -0.2) is 4.79 Å². The third-order valence-electron chi connectivity index (χ3n) is 4.54. The maximum atomic E-state index is 12.8. The van der Waals surface area contributed by atoms with E-state index >= 15 is 0 Å². The molecule has 5 nitrogen and oxygen atoms in total. The highest BCUT2D eigenvalue weighted by Crippen LogP contribution is 2.33. The molecule has 0 bridgehead atoms. The molecule has 1 atom stereocenters. The fourth-order valence-electron chi connectivity index (χ4n) is 3.31. The maximum absolute atomic E-state index is 12.8. The first-order chi connectivity index (χ1) is 12.1. The van der Waals surface area contributed by atoms with E-state index in [-0.39, 0.29) is 12.1 Å². The number of benzene rings is 2. The molecule has 1 aliphatic rings. The monoisotopic (exact) mass is 340 g/mol. The number of hydrogen-bond donors (Lipinski definition) is 1. The lowest BCUT2D eigenvalue weighted by molar-refractivity contribution is 0.207. The van der Waals surface area contributed by atoms with E-state index in [9.17, 15) is 4.79 Å². The molecule has 2 aromatic carbocycles. The van der Waals surface area contributed by atoms with E-state index in [0.29, 0.717) is 17.2 Å². The van der Waals surface area contributed by atoms with Crippen LogP contribution in [0.25, 0.3) is 0 Å². The molecule has 0 spiro atoms. The third kappa shape index (κ3) is 3.87. The average molecular weight is 340 g/mol. The van der Waals surface area contributed by atoms with Gasteiger partial charge in [-0.3, -0.25) is 0 Å². The molecule has 0 aliphatic carbocycles. The molecule has 1 unspecified atom stereocenters. The van der Waals surface area contributed by atoms with Crippen molar-refractivity contribution in [2.24, 2.45) is 0 Å². The topological polar surface area (TPSA) is 50.8 Å². The summed E-state index contributed by atoms with van der Waals surface area (Å²) in [5.41, 5.74) is 3.06. The summed E-state index contributed by atoms with van der Waals surface area (Å²) in [7, 11) is 3.18. The van der Waals surface area contributed by atoms with Crippen molar-refractivity contribution in [1.29, 1.82) is 0 Å². The predicted octanol–water partition coefficient (Wildman–Crippen LogP) is 4.38. The summed E-state index contributed by atoms with van der Waals surface area (Å²) in [4.78, 5) is 14.7. The first-order valence-corrected chi connectivity index (χ1v) is 8.48. The SMILES string of the molecule is COc1cc(NC(=O)N2CCCC2c2cccc(C)c2)cc(OC)c1. The molecule has 5 heteroatoms. The quantitative estimate of drug-likeness (QED) is 0.898. The van der Waals surface area contributed by atoms with Crippen molar-refractivity contribution in [3.8, 4) is 11.5 Å². The van der Waals surface area contributed by atoms with E-state index in [1.165, 1.54) is 11.1 Å². The lowest BCUT2D eigenvalue weighted by Gasteiger charge is -2.26. The molecule has 2 amide bonds. The summed E-state index contributed by atoms with van der Waals surface area (Å²) in [5, 5.41) is 2.97. The summed E-state index contributed by atoms with van der Waals surface area (Å²) in [6.07, 6.45) is 1.99. The van der Waals surface area contributed by atoms with Crippen molar-refractivity contribution < 1.29 is 14.3 Å². The Morgan fingerprint density at radius 1 is 1.12 bits per heavy atom. The molecule has 1 N–H and O–H groups in total. The largest absolute Gasteiger partial charge is 0.497 e. The van der Waals surface area contributed by atoms with Crippen LogP contribution in [-0.2, 0) is 0 Å². The van der Waals surface area contributed by atoms with Gasteiger partial charge in [0.2, 0.25) is 0 Å². The van der Waals surface area contributed by atoms with Gasteiger partial charge in [0.15, 0.2) is 0 Å². The smallest absolute Gasteiger partial charge is 0.322 e. The van der Waals surface area contributed by atoms with E-state index in [2.05, 4.69) is 30.4 Å². The lowest BCUT2D eigenvalue weighted by Crippen LogP contribution is -2.34. The van der Waals surface area contributed by atoms with E-state index < -0.39 is 0 Å². The van der Waals surface area contributed by atoms with Crippen molar-refractivity contribution in [3.05, 3.63) is 53.6 Å². The molecule has 0 saturated carbocycles. The van der Waals surface area contributed by atoms with Gasteiger partial charge in [0.25, 0.3) is 0 Å². The zero-order valence-corrected chi connectivity index (χ0v) is 14.9. The molecule has 1 heterocycles. The van der Waals surface area contributed by atoms with Gasteiger partial charge in [-0.05, 0) is 25.3 Å². The van der Waals surface area contributed by atoms with Crippen LogP contribution in [0.5, 0.6) is 11.5 Å². The molecular formula is C20H24N2O3. The Morgan fingerprint density at radius 2 is 1.84 bits per heavy atom. The van der Waals surface area contributed by atoms with E-state index in [1.807, 2.05) is 11.0 Å². The van der Waals surface area contributed by atoms with Crippen LogP contribution in [-0.4, -0.2) is 31.7 Å². The first-order valence-electron chi connectivity index (χ1n) is 8.48. The van der Waals surface area contributed by atoms with Gasteiger partial charge in [-0.2, -0.15) is 0 Å². The van der Waals surface area contributed by atoms with Gasteiger partial charge in [0, 0.05) is 30.4 Å². The fourth-order valence-corrected chi connectivity index (χ4v) is 3.31. The van der Waals surface area contributed by atoms with Crippen molar-refractivity contribution in [1.82, 2.24) is 4.90 Å². The Labute approximate surface area is 148 Å². The van der Waals surface area contributed by atoms with Crippen LogP contribution in [0, 0.1) is 6.92 Å². The van der Waals surface area contributed by atoms with E-state index in [1.54, 1.807) is 32.4 Å². The number of urea groups is 1. The second-order valence-electron chi connectivity index (χ2n) is 6.30. The Balaban J connectivity index is 1.78. The number of nitrogens with one attached hydrogen (secondary N) is 1. The Morgan fingerprint density at radius 3 is 2.48 bits per heavy atom. The van der Waals surface area contributed by atoms with Crippen LogP contribution in [0.15, 0.2) is 42.5 Å². The minimum Gasteiger partial charge on any atom is -0.497 e. The highest BCUT2D eigenvalue weighted by Gasteiger charge is 2.30. The molecule has 0 radical (unpaired) electrons. The number of nitrogens with zero attached hydrogens (tertiary/aromatic N) is 1. The molecular weight excluding hydrogens is 316 g/mol. The van der Waals surface area contributed by atoms with Crippen molar-refractivity contribution in [2.75, 3.05) is 26.1 Å². The number of aryl methyl sites for hydroxylation is 1. The molecule has 1 aliphatic heterocycles. The summed E-state index contributed by atoms with van der Waals surface area (Å²) >= 11 is 0. The maximum Gasteiger partial charge on any atom is 0.322 e. The van der Waals surface area contributed by atoms with Crippen LogP contribution < -0.4 is 14.8 Å². The predicted molar refractivity (Wildman–Crippen MR) is 98.4 cm³/mol. The zero-order valence-electron chi connectivity index (χ0n) is 14.9. The number of anilines is 1. The lowest BCUT2D eigenvalue weighted by atomic mass is 10.0. The summed E-state index contributed by atoms with van der Waals surface area (Å²) in [6.45, 7) is 2.83. The van der Waals surface area contributed by atoms with Crippen LogP contribution in [0.1, 0.15) is 30.0 Å². The summed E-state index contributed by atoms with van der Waals surface area (Å²) in [6, 6.07) is 13.8. The molecule has 2 aromatic rings. The number of rotatable bonds is 4. The second kappa shape index (κ2) is 7.47. The van der Waals surface area contributed by atoms with Gasteiger partial charge in [-0.1, -0.05) is 29.8 Å². The molecule has 25 heavy (non-hydrogen) atoms.